The largest absolute Gasteiger partial charge is 0.461 e. The van der Waals surface area contributed by atoms with Crippen molar-refractivity contribution in [3.05, 3.63) is 17.5 Å². The van der Waals surface area contributed by atoms with Crippen molar-refractivity contribution in [3.63, 3.8) is 0 Å². The minimum atomic E-state index is -0.891. The molecule has 21 heavy (non-hydrogen) atoms. The summed E-state index contributed by atoms with van der Waals surface area (Å²) >= 11 is 0. The first-order valence-electron chi connectivity index (χ1n) is 7.45. The molecule has 6 heteroatoms. The molecule has 0 radical (unpaired) electrons. The van der Waals surface area contributed by atoms with Gasteiger partial charge in [0.15, 0.2) is 5.69 Å². The van der Waals surface area contributed by atoms with Crippen LogP contribution in [0, 0.1) is 0 Å². The summed E-state index contributed by atoms with van der Waals surface area (Å²) in [7, 11) is 0. The van der Waals surface area contributed by atoms with E-state index in [1.807, 2.05) is 0 Å². The van der Waals surface area contributed by atoms with Gasteiger partial charge in [-0.25, -0.2) is 4.79 Å². The molecule has 0 bridgehead atoms. The van der Waals surface area contributed by atoms with Crippen molar-refractivity contribution in [2.24, 2.45) is 0 Å². The summed E-state index contributed by atoms with van der Waals surface area (Å²) in [6.07, 6.45) is 1.81. The highest BCUT2D eigenvalue weighted by Gasteiger charge is 2.26. The summed E-state index contributed by atoms with van der Waals surface area (Å²) in [6.45, 7) is 7.33. The van der Waals surface area contributed by atoms with Gasteiger partial charge in [-0.05, 0) is 39.7 Å². The molecule has 1 fully saturated rings. The van der Waals surface area contributed by atoms with Crippen LogP contribution in [0.5, 0.6) is 0 Å². The van der Waals surface area contributed by atoms with Gasteiger partial charge in [0.05, 0.1) is 18.8 Å². The fourth-order valence-electron chi connectivity index (χ4n) is 2.55. The summed E-state index contributed by atoms with van der Waals surface area (Å²) in [5.41, 5.74) is 0.392. The van der Waals surface area contributed by atoms with Crippen LogP contribution in [0.1, 0.15) is 55.7 Å². The Kier molecular flexibility index (Phi) is 5.00. The molecule has 1 aromatic heterocycles. The number of carbonyl (C=O) groups is 1. The van der Waals surface area contributed by atoms with Crippen LogP contribution in [0.15, 0.2) is 6.07 Å². The Morgan fingerprint density at radius 3 is 2.76 bits per heavy atom. The van der Waals surface area contributed by atoms with E-state index in [0.29, 0.717) is 38.0 Å². The average Bonchev–Trinajstić information content (AvgIpc) is 2.82. The molecule has 1 aliphatic rings. The molecule has 1 N–H and O–H groups in total. The van der Waals surface area contributed by atoms with E-state index in [-0.39, 0.29) is 0 Å². The lowest BCUT2D eigenvalue weighted by Crippen LogP contribution is -2.29. The minimum Gasteiger partial charge on any atom is -0.461 e. The molecule has 1 aliphatic heterocycles. The van der Waals surface area contributed by atoms with Gasteiger partial charge in [0, 0.05) is 24.8 Å². The van der Waals surface area contributed by atoms with Crippen LogP contribution in [0.2, 0.25) is 0 Å². The van der Waals surface area contributed by atoms with E-state index < -0.39 is 11.6 Å². The number of aliphatic hydroxyl groups is 1. The molecule has 2 heterocycles. The smallest absolute Gasteiger partial charge is 0.358 e. The fraction of sp³-hybridized carbons (Fsp3) is 0.733. The van der Waals surface area contributed by atoms with Gasteiger partial charge in [0.2, 0.25) is 0 Å². The molecule has 0 unspecified atom stereocenters. The topological polar surface area (TPSA) is 73.6 Å². The fourth-order valence-corrected chi connectivity index (χ4v) is 2.55. The van der Waals surface area contributed by atoms with E-state index in [1.165, 1.54) is 0 Å². The maximum atomic E-state index is 11.9. The third-order valence-electron chi connectivity index (χ3n) is 3.47. The maximum absolute atomic E-state index is 11.9. The van der Waals surface area contributed by atoms with Crippen molar-refractivity contribution in [1.29, 1.82) is 0 Å². The Morgan fingerprint density at radius 1 is 1.52 bits per heavy atom. The van der Waals surface area contributed by atoms with Crippen LogP contribution >= 0.6 is 0 Å². The number of ether oxygens (including phenoxy) is 2. The highest BCUT2D eigenvalue weighted by atomic mass is 16.5. The van der Waals surface area contributed by atoms with Gasteiger partial charge in [-0.3, -0.25) is 4.68 Å². The Labute approximate surface area is 125 Å². The molecule has 1 saturated heterocycles. The van der Waals surface area contributed by atoms with Crippen molar-refractivity contribution >= 4 is 5.97 Å². The van der Waals surface area contributed by atoms with Gasteiger partial charge in [0.25, 0.3) is 0 Å². The van der Waals surface area contributed by atoms with Gasteiger partial charge in [-0.15, -0.1) is 0 Å². The van der Waals surface area contributed by atoms with E-state index in [0.717, 1.165) is 18.5 Å². The second-order valence-electron chi connectivity index (χ2n) is 6.03. The molecule has 6 nitrogen and oxygen atoms in total. The molecule has 0 spiro atoms. The standard InChI is InChI=1S/C15H24N2O4/c1-4-21-14(18)12-9-13(11-5-7-20-8-6-11)17(16-12)10-15(2,3)19/h9,11,19H,4-8,10H2,1-3H3. The average molecular weight is 296 g/mol. The zero-order valence-corrected chi connectivity index (χ0v) is 13.0. The van der Waals surface area contributed by atoms with Crippen LogP contribution in [0.25, 0.3) is 0 Å². The predicted octanol–water partition coefficient (Wildman–Crippen LogP) is 1.72. The third kappa shape index (κ3) is 4.28. The minimum absolute atomic E-state index is 0.303. The highest BCUT2D eigenvalue weighted by molar-refractivity contribution is 5.87. The van der Waals surface area contributed by atoms with Gasteiger partial charge in [-0.1, -0.05) is 0 Å². The number of esters is 1. The number of hydrogen-bond donors (Lipinski definition) is 1. The van der Waals surface area contributed by atoms with Crippen LogP contribution in [-0.2, 0) is 16.0 Å². The first-order valence-corrected chi connectivity index (χ1v) is 7.45. The van der Waals surface area contributed by atoms with Crippen molar-refractivity contribution in [2.75, 3.05) is 19.8 Å². The van der Waals surface area contributed by atoms with E-state index in [4.69, 9.17) is 9.47 Å². The Hall–Kier alpha value is -1.40. The van der Waals surface area contributed by atoms with Crippen molar-refractivity contribution in [2.45, 2.75) is 51.7 Å². The summed E-state index contributed by atoms with van der Waals surface area (Å²) in [5.74, 6) is -0.114. The second kappa shape index (κ2) is 6.58. The molecule has 2 rings (SSSR count). The van der Waals surface area contributed by atoms with Gasteiger partial charge >= 0.3 is 5.97 Å². The van der Waals surface area contributed by atoms with E-state index in [2.05, 4.69) is 5.10 Å². The predicted molar refractivity (Wildman–Crippen MR) is 77.3 cm³/mol. The molecule has 0 saturated carbocycles. The van der Waals surface area contributed by atoms with Crippen LogP contribution in [-0.4, -0.2) is 46.3 Å². The van der Waals surface area contributed by atoms with Crippen LogP contribution < -0.4 is 0 Å². The van der Waals surface area contributed by atoms with Gasteiger partial charge in [0.1, 0.15) is 0 Å². The number of nitrogens with zero attached hydrogens (tertiary/aromatic N) is 2. The first kappa shape index (κ1) is 16.0. The summed E-state index contributed by atoms with van der Waals surface area (Å²) in [4.78, 5) is 11.9. The van der Waals surface area contributed by atoms with Crippen LogP contribution in [0.3, 0.4) is 0 Å². The molecule has 1 aromatic rings. The lowest BCUT2D eigenvalue weighted by atomic mass is 9.96. The summed E-state index contributed by atoms with van der Waals surface area (Å²) < 4.78 is 12.1. The zero-order valence-electron chi connectivity index (χ0n) is 13.0. The normalized spacial score (nSPS) is 17.0. The Morgan fingerprint density at radius 2 is 2.19 bits per heavy atom. The number of rotatable bonds is 5. The third-order valence-corrected chi connectivity index (χ3v) is 3.47. The van der Waals surface area contributed by atoms with Crippen LogP contribution in [0.4, 0.5) is 0 Å². The highest BCUT2D eigenvalue weighted by Crippen LogP contribution is 2.28. The lowest BCUT2D eigenvalue weighted by Gasteiger charge is -2.25. The van der Waals surface area contributed by atoms with Gasteiger partial charge in [-0.2, -0.15) is 5.10 Å². The molecular weight excluding hydrogens is 272 g/mol. The molecule has 0 atom stereocenters. The van der Waals surface area contributed by atoms with E-state index in [9.17, 15) is 9.90 Å². The Balaban J connectivity index is 2.28. The molecular formula is C15H24N2O4. The van der Waals surface area contributed by atoms with Crippen molar-refractivity contribution in [1.82, 2.24) is 9.78 Å². The molecule has 0 amide bonds. The Bertz CT molecular complexity index is 484. The quantitative estimate of drug-likeness (QED) is 0.838. The SMILES string of the molecule is CCOC(=O)c1cc(C2CCOCC2)n(CC(C)(C)O)n1. The maximum Gasteiger partial charge on any atom is 0.358 e. The van der Waals surface area contributed by atoms with Gasteiger partial charge < -0.3 is 14.6 Å². The molecule has 0 aliphatic carbocycles. The van der Waals surface area contributed by atoms with E-state index >= 15 is 0 Å². The van der Waals surface area contributed by atoms with Crippen molar-refractivity contribution < 1.29 is 19.4 Å². The number of hydrogen-bond acceptors (Lipinski definition) is 5. The number of aromatic nitrogens is 2. The molecule has 0 aromatic carbocycles. The number of carbonyl (C=O) groups excluding carboxylic acids is 1. The summed E-state index contributed by atoms with van der Waals surface area (Å²) in [5, 5.41) is 14.4. The first-order chi connectivity index (χ1) is 9.90. The van der Waals surface area contributed by atoms with Crippen molar-refractivity contribution in [3.8, 4) is 0 Å². The zero-order chi connectivity index (χ0) is 15.5. The monoisotopic (exact) mass is 296 g/mol. The van der Waals surface area contributed by atoms with E-state index in [1.54, 1.807) is 31.5 Å². The lowest BCUT2D eigenvalue weighted by molar-refractivity contribution is 0.0485. The molecule has 118 valence electrons. The summed E-state index contributed by atoms with van der Waals surface area (Å²) in [6, 6.07) is 1.79. The second-order valence-corrected chi connectivity index (χ2v) is 6.03.